The van der Waals surface area contributed by atoms with E-state index in [-0.39, 0.29) is 11.9 Å². The Morgan fingerprint density at radius 3 is 2.89 bits per heavy atom. The molecule has 146 valence electrons. The molecule has 1 atom stereocenters. The molecule has 1 fully saturated rings. The van der Waals surface area contributed by atoms with Crippen molar-refractivity contribution in [2.24, 2.45) is 0 Å². The standard InChI is InChI=1S/C22H31N3O2/c1-22(2,27)12-10-18-7-5-8-19(17-18)21(26)25-15-4-3-9-20(25)11-16-24-14-6-13-23-24/h5-8,13-14,17,20,27H,3-4,9-12,15-16H2,1-2H3/t20-/m1/s1. The van der Waals surface area contributed by atoms with Gasteiger partial charge in [0.2, 0.25) is 0 Å². The number of aromatic nitrogens is 2. The predicted octanol–water partition coefficient (Wildman–Crippen LogP) is 3.67. The van der Waals surface area contributed by atoms with Crippen LogP contribution in [0.5, 0.6) is 0 Å². The van der Waals surface area contributed by atoms with Crippen molar-refractivity contribution in [2.75, 3.05) is 6.54 Å². The van der Waals surface area contributed by atoms with Crippen molar-refractivity contribution >= 4 is 5.91 Å². The lowest BCUT2D eigenvalue weighted by molar-refractivity contribution is 0.0594. The molecular weight excluding hydrogens is 338 g/mol. The number of amides is 1. The zero-order valence-electron chi connectivity index (χ0n) is 16.5. The van der Waals surface area contributed by atoms with Crippen molar-refractivity contribution in [3.63, 3.8) is 0 Å². The van der Waals surface area contributed by atoms with E-state index in [1.165, 1.54) is 6.42 Å². The molecule has 1 saturated heterocycles. The number of carbonyl (C=O) groups is 1. The normalized spacial score (nSPS) is 17.9. The third-order valence-corrected chi connectivity index (χ3v) is 5.34. The molecule has 0 aliphatic carbocycles. The summed E-state index contributed by atoms with van der Waals surface area (Å²) in [4.78, 5) is 15.2. The lowest BCUT2D eigenvalue weighted by Gasteiger charge is -2.36. The molecule has 1 amide bonds. The van der Waals surface area contributed by atoms with Crippen LogP contribution < -0.4 is 0 Å². The van der Waals surface area contributed by atoms with Crippen LogP contribution in [0.15, 0.2) is 42.7 Å². The molecule has 1 aliphatic heterocycles. The van der Waals surface area contributed by atoms with Gasteiger partial charge in [-0.3, -0.25) is 9.48 Å². The second kappa shape index (κ2) is 8.70. The summed E-state index contributed by atoms with van der Waals surface area (Å²) >= 11 is 0. The smallest absolute Gasteiger partial charge is 0.254 e. The van der Waals surface area contributed by atoms with Gasteiger partial charge in [0.15, 0.2) is 0 Å². The van der Waals surface area contributed by atoms with Crippen molar-refractivity contribution in [1.29, 1.82) is 0 Å². The highest BCUT2D eigenvalue weighted by Gasteiger charge is 2.27. The molecule has 27 heavy (non-hydrogen) atoms. The van der Waals surface area contributed by atoms with Crippen molar-refractivity contribution in [3.05, 3.63) is 53.9 Å². The first-order chi connectivity index (χ1) is 12.9. The number of aliphatic hydroxyl groups is 1. The fraction of sp³-hybridized carbons (Fsp3) is 0.545. The molecule has 1 N–H and O–H groups in total. The molecule has 1 aromatic heterocycles. The van der Waals surface area contributed by atoms with Crippen molar-refractivity contribution in [1.82, 2.24) is 14.7 Å². The van der Waals surface area contributed by atoms with E-state index in [1.807, 2.05) is 55.1 Å². The van der Waals surface area contributed by atoms with Crippen LogP contribution in [-0.4, -0.2) is 43.9 Å². The van der Waals surface area contributed by atoms with Crippen LogP contribution in [0.4, 0.5) is 0 Å². The van der Waals surface area contributed by atoms with Gasteiger partial charge in [0.1, 0.15) is 0 Å². The summed E-state index contributed by atoms with van der Waals surface area (Å²) in [6, 6.07) is 10.1. The van der Waals surface area contributed by atoms with Gasteiger partial charge in [-0.25, -0.2) is 0 Å². The monoisotopic (exact) mass is 369 g/mol. The van der Waals surface area contributed by atoms with E-state index in [0.717, 1.165) is 49.9 Å². The fourth-order valence-corrected chi connectivity index (χ4v) is 3.76. The third-order valence-electron chi connectivity index (χ3n) is 5.34. The Morgan fingerprint density at radius 1 is 1.30 bits per heavy atom. The number of hydrogen-bond acceptors (Lipinski definition) is 3. The molecule has 1 aromatic carbocycles. The Kier molecular flexibility index (Phi) is 6.32. The number of nitrogens with zero attached hydrogens (tertiary/aromatic N) is 3. The summed E-state index contributed by atoms with van der Waals surface area (Å²) in [5.41, 5.74) is 1.17. The van der Waals surface area contributed by atoms with Gasteiger partial charge < -0.3 is 10.0 Å². The van der Waals surface area contributed by atoms with Crippen LogP contribution in [0.2, 0.25) is 0 Å². The van der Waals surface area contributed by atoms with E-state index in [4.69, 9.17) is 0 Å². The lowest BCUT2D eigenvalue weighted by atomic mass is 9.96. The average molecular weight is 370 g/mol. The first-order valence-electron chi connectivity index (χ1n) is 10.0. The van der Waals surface area contributed by atoms with Gasteiger partial charge in [-0.05, 0) is 76.1 Å². The van der Waals surface area contributed by atoms with Crippen LogP contribution in [0.3, 0.4) is 0 Å². The van der Waals surface area contributed by atoms with Crippen LogP contribution in [0.1, 0.15) is 61.9 Å². The first-order valence-corrected chi connectivity index (χ1v) is 10.0. The summed E-state index contributed by atoms with van der Waals surface area (Å²) in [5.74, 6) is 0.130. The molecule has 0 unspecified atom stereocenters. The van der Waals surface area contributed by atoms with E-state index in [9.17, 15) is 9.90 Å². The van der Waals surface area contributed by atoms with Gasteiger partial charge in [0.25, 0.3) is 5.91 Å². The Labute approximate surface area is 162 Å². The number of benzene rings is 1. The quantitative estimate of drug-likeness (QED) is 0.810. The number of aryl methyl sites for hydroxylation is 2. The third kappa shape index (κ3) is 5.67. The fourth-order valence-electron chi connectivity index (χ4n) is 3.76. The number of likely N-dealkylation sites (tertiary alicyclic amines) is 1. The van der Waals surface area contributed by atoms with Gasteiger partial charge in [0, 0.05) is 37.1 Å². The van der Waals surface area contributed by atoms with Gasteiger partial charge >= 0.3 is 0 Å². The van der Waals surface area contributed by atoms with E-state index in [1.54, 1.807) is 6.20 Å². The molecule has 5 heteroatoms. The minimum absolute atomic E-state index is 0.130. The highest BCUT2D eigenvalue weighted by molar-refractivity contribution is 5.94. The summed E-state index contributed by atoms with van der Waals surface area (Å²) in [6.07, 6.45) is 9.47. The second-order valence-electron chi connectivity index (χ2n) is 8.22. The second-order valence-corrected chi connectivity index (χ2v) is 8.22. The minimum atomic E-state index is -0.690. The Balaban J connectivity index is 1.66. The zero-order valence-corrected chi connectivity index (χ0v) is 16.5. The summed E-state index contributed by atoms with van der Waals surface area (Å²) in [6.45, 7) is 5.31. The summed E-state index contributed by atoms with van der Waals surface area (Å²) in [5, 5.41) is 14.2. The van der Waals surface area contributed by atoms with E-state index < -0.39 is 5.60 Å². The van der Waals surface area contributed by atoms with Gasteiger partial charge in [-0.2, -0.15) is 5.10 Å². The van der Waals surface area contributed by atoms with Crippen LogP contribution in [0.25, 0.3) is 0 Å². The molecule has 0 bridgehead atoms. The molecule has 0 radical (unpaired) electrons. The molecule has 2 heterocycles. The molecule has 2 aromatic rings. The average Bonchev–Trinajstić information content (AvgIpc) is 3.18. The van der Waals surface area contributed by atoms with Gasteiger partial charge in [0.05, 0.1) is 5.60 Å². The predicted molar refractivity (Wildman–Crippen MR) is 107 cm³/mol. The minimum Gasteiger partial charge on any atom is -0.390 e. The first kappa shape index (κ1) is 19.6. The van der Waals surface area contributed by atoms with Gasteiger partial charge in [-0.15, -0.1) is 0 Å². The van der Waals surface area contributed by atoms with Crippen LogP contribution in [-0.2, 0) is 13.0 Å². The van der Waals surface area contributed by atoms with Crippen molar-refractivity contribution in [2.45, 2.75) is 70.6 Å². The number of hydrogen-bond donors (Lipinski definition) is 1. The maximum atomic E-state index is 13.2. The maximum absolute atomic E-state index is 13.2. The molecule has 5 nitrogen and oxygen atoms in total. The number of piperidine rings is 1. The van der Waals surface area contributed by atoms with Crippen LogP contribution in [0, 0.1) is 0 Å². The topological polar surface area (TPSA) is 58.4 Å². The Morgan fingerprint density at radius 2 is 2.15 bits per heavy atom. The molecule has 0 spiro atoms. The SMILES string of the molecule is CC(C)(O)CCc1cccc(C(=O)N2CCCC[C@@H]2CCn2cccn2)c1. The zero-order chi connectivity index (χ0) is 19.3. The van der Waals surface area contributed by atoms with E-state index in [2.05, 4.69) is 10.00 Å². The van der Waals surface area contributed by atoms with Crippen molar-refractivity contribution < 1.29 is 9.90 Å². The highest BCUT2D eigenvalue weighted by Crippen LogP contribution is 2.23. The van der Waals surface area contributed by atoms with Crippen molar-refractivity contribution in [3.8, 4) is 0 Å². The summed E-state index contributed by atoms with van der Waals surface area (Å²) < 4.78 is 1.94. The van der Waals surface area contributed by atoms with E-state index in [0.29, 0.717) is 6.42 Å². The summed E-state index contributed by atoms with van der Waals surface area (Å²) in [7, 11) is 0. The maximum Gasteiger partial charge on any atom is 0.254 e. The Bertz CT molecular complexity index is 734. The lowest BCUT2D eigenvalue weighted by Crippen LogP contribution is -2.44. The number of carbonyl (C=O) groups excluding carboxylic acids is 1. The Hall–Kier alpha value is -2.14. The number of rotatable bonds is 7. The molecule has 1 aliphatic rings. The van der Waals surface area contributed by atoms with Crippen LogP contribution >= 0.6 is 0 Å². The van der Waals surface area contributed by atoms with Gasteiger partial charge in [-0.1, -0.05) is 12.1 Å². The highest BCUT2D eigenvalue weighted by atomic mass is 16.3. The van der Waals surface area contributed by atoms with E-state index >= 15 is 0 Å². The molecule has 0 saturated carbocycles. The molecule has 3 rings (SSSR count). The largest absolute Gasteiger partial charge is 0.390 e. The molecular formula is C22H31N3O2.